The molecule has 0 amide bonds. The SMILES string of the molecule is [2H]CC(O)[C@@H](O)[C@@H](O)[C@H](O)[C@@H](O)C=O. The molecule has 6 nitrogen and oxygen atoms in total. The van der Waals surface area contributed by atoms with Gasteiger partial charge in [0, 0.05) is 1.37 Å². The molecule has 0 spiro atoms. The third-order valence-electron chi connectivity index (χ3n) is 1.58. The van der Waals surface area contributed by atoms with Crippen LogP contribution >= 0.6 is 0 Å². The average Bonchev–Trinajstić information content (AvgIpc) is 2.23. The summed E-state index contributed by atoms with van der Waals surface area (Å²) in [6.07, 6.45) is -8.93. The molecular formula is C7H14O6. The van der Waals surface area contributed by atoms with Crippen molar-refractivity contribution in [3.8, 4) is 0 Å². The van der Waals surface area contributed by atoms with Crippen LogP contribution in [-0.4, -0.2) is 62.3 Å². The minimum absolute atomic E-state index is 0.00627. The molecule has 0 aliphatic heterocycles. The third kappa shape index (κ3) is 3.37. The van der Waals surface area contributed by atoms with Crippen molar-refractivity contribution >= 4 is 6.29 Å². The van der Waals surface area contributed by atoms with E-state index in [-0.39, 0.29) is 6.29 Å². The topological polar surface area (TPSA) is 118 Å². The molecule has 5 atom stereocenters. The zero-order chi connectivity index (χ0) is 11.3. The fourth-order valence-electron chi connectivity index (χ4n) is 0.712. The zero-order valence-electron chi connectivity index (χ0n) is 7.82. The molecule has 78 valence electrons. The van der Waals surface area contributed by atoms with Crippen LogP contribution in [0, 0.1) is 0 Å². The van der Waals surface area contributed by atoms with Crippen molar-refractivity contribution in [2.75, 3.05) is 0 Å². The maximum Gasteiger partial charge on any atom is 0.151 e. The molecule has 0 radical (unpaired) electrons. The van der Waals surface area contributed by atoms with E-state index in [4.69, 9.17) is 26.9 Å². The Morgan fingerprint density at radius 2 is 1.62 bits per heavy atom. The van der Waals surface area contributed by atoms with Crippen LogP contribution in [0.25, 0.3) is 0 Å². The Morgan fingerprint density at radius 3 is 2.00 bits per heavy atom. The Kier molecular flexibility index (Phi) is 4.26. The molecule has 0 rings (SSSR count). The summed E-state index contributed by atoms with van der Waals surface area (Å²) >= 11 is 0. The Labute approximate surface area is 76.5 Å². The summed E-state index contributed by atoms with van der Waals surface area (Å²) in [5.74, 6) is 0. The number of carbonyl (C=O) groups is 1. The number of hydrogen-bond acceptors (Lipinski definition) is 6. The average molecular weight is 195 g/mol. The molecule has 0 aromatic heterocycles. The molecule has 0 aliphatic carbocycles. The second kappa shape index (κ2) is 5.25. The van der Waals surface area contributed by atoms with E-state index < -0.39 is 37.4 Å². The fourth-order valence-corrected chi connectivity index (χ4v) is 0.712. The zero-order valence-corrected chi connectivity index (χ0v) is 6.82. The van der Waals surface area contributed by atoms with Crippen molar-refractivity contribution in [1.82, 2.24) is 0 Å². The van der Waals surface area contributed by atoms with Gasteiger partial charge in [0.1, 0.15) is 24.4 Å². The molecular weight excluding hydrogens is 180 g/mol. The molecule has 1 unspecified atom stereocenters. The van der Waals surface area contributed by atoms with Gasteiger partial charge in [-0.05, 0) is 6.90 Å². The summed E-state index contributed by atoms with van der Waals surface area (Å²) < 4.78 is 6.69. The minimum atomic E-state index is -1.89. The van der Waals surface area contributed by atoms with E-state index in [1.54, 1.807) is 0 Å². The highest BCUT2D eigenvalue weighted by Crippen LogP contribution is 2.06. The summed E-state index contributed by atoms with van der Waals surface area (Å²) in [7, 11) is 0. The number of carbonyl (C=O) groups excluding carboxylic acids is 1. The van der Waals surface area contributed by atoms with E-state index in [0.717, 1.165) is 0 Å². The number of aldehydes is 1. The predicted molar refractivity (Wildman–Crippen MR) is 41.8 cm³/mol. The van der Waals surface area contributed by atoms with Crippen LogP contribution in [0.2, 0.25) is 0 Å². The third-order valence-corrected chi connectivity index (χ3v) is 1.58. The lowest BCUT2D eigenvalue weighted by atomic mass is 10.0. The summed E-state index contributed by atoms with van der Waals surface area (Å²) in [5.41, 5.74) is 0. The lowest BCUT2D eigenvalue weighted by Crippen LogP contribution is -2.48. The van der Waals surface area contributed by atoms with Crippen LogP contribution < -0.4 is 0 Å². The van der Waals surface area contributed by atoms with Crippen molar-refractivity contribution < 1.29 is 31.7 Å². The molecule has 0 aromatic rings. The standard InChI is InChI=1S/C7H14O6/c1-3(9)5(11)7(13)6(12)4(10)2-8/h2-7,9-13H,1H3/t3?,4-,5+,6+,7+/m0/s1/i1D. The molecule has 0 heterocycles. The van der Waals surface area contributed by atoms with Gasteiger partial charge in [0.05, 0.1) is 6.10 Å². The monoisotopic (exact) mass is 195 g/mol. The van der Waals surface area contributed by atoms with Gasteiger partial charge >= 0.3 is 0 Å². The molecule has 0 bridgehead atoms. The Balaban J connectivity index is 4.29. The van der Waals surface area contributed by atoms with Gasteiger partial charge in [0.2, 0.25) is 0 Å². The second-order valence-electron chi connectivity index (χ2n) is 2.67. The quantitative estimate of drug-likeness (QED) is 0.298. The summed E-state index contributed by atoms with van der Waals surface area (Å²) in [6.45, 7) is -0.567. The number of hydrogen-bond donors (Lipinski definition) is 5. The van der Waals surface area contributed by atoms with E-state index in [2.05, 4.69) is 0 Å². The Morgan fingerprint density at radius 1 is 1.08 bits per heavy atom. The highest BCUT2D eigenvalue weighted by Gasteiger charge is 2.32. The second-order valence-corrected chi connectivity index (χ2v) is 2.67. The van der Waals surface area contributed by atoms with E-state index in [9.17, 15) is 4.79 Å². The van der Waals surface area contributed by atoms with Crippen LogP contribution in [0.15, 0.2) is 0 Å². The summed E-state index contributed by atoms with van der Waals surface area (Å²) in [4.78, 5) is 10.0. The lowest BCUT2D eigenvalue weighted by molar-refractivity contribution is -0.142. The molecule has 0 fully saturated rings. The van der Waals surface area contributed by atoms with Gasteiger partial charge in [-0.25, -0.2) is 0 Å². The Bertz CT molecular complexity index is 178. The molecule has 6 heteroatoms. The highest BCUT2D eigenvalue weighted by molar-refractivity contribution is 5.56. The largest absolute Gasteiger partial charge is 0.391 e. The maximum atomic E-state index is 10.0. The van der Waals surface area contributed by atoms with Crippen LogP contribution in [0.3, 0.4) is 0 Å². The van der Waals surface area contributed by atoms with Crippen molar-refractivity contribution in [3.05, 3.63) is 0 Å². The van der Waals surface area contributed by atoms with Gasteiger partial charge in [-0.3, -0.25) is 0 Å². The van der Waals surface area contributed by atoms with Crippen molar-refractivity contribution in [2.45, 2.75) is 37.4 Å². The van der Waals surface area contributed by atoms with Gasteiger partial charge in [-0.15, -0.1) is 0 Å². The van der Waals surface area contributed by atoms with Gasteiger partial charge in [0.25, 0.3) is 0 Å². The van der Waals surface area contributed by atoms with Gasteiger partial charge < -0.3 is 30.3 Å². The maximum absolute atomic E-state index is 10.0. The first-order chi connectivity index (χ1) is 6.45. The predicted octanol–water partition coefficient (Wildman–Crippen LogP) is -2.99. The van der Waals surface area contributed by atoms with Crippen LogP contribution in [0.1, 0.15) is 8.27 Å². The van der Waals surface area contributed by atoms with Crippen LogP contribution in [0.4, 0.5) is 0 Å². The first-order valence-electron chi connectivity index (χ1n) is 4.31. The molecule has 13 heavy (non-hydrogen) atoms. The summed E-state index contributed by atoms with van der Waals surface area (Å²) in [6, 6.07) is 0. The van der Waals surface area contributed by atoms with Gasteiger partial charge in [-0.1, -0.05) is 0 Å². The van der Waals surface area contributed by atoms with Gasteiger partial charge in [-0.2, -0.15) is 0 Å². The molecule has 0 saturated carbocycles. The van der Waals surface area contributed by atoms with Crippen molar-refractivity contribution in [2.24, 2.45) is 0 Å². The first-order valence-corrected chi connectivity index (χ1v) is 3.60. The smallest absolute Gasteiger partial charge is 0.151 e. The van der Waals surface area contributed by atoms with E-state index in [1.807, 2.05) is 0 Å². The highest BCUT2D eigenvalue weighted by atomic mass is 16.4. The first kappa shape index (κ1) is 10.6. The number of rotatable bonds is 5. The molecule has 0 aromatic carbocycles. The van der Waals surface area contributed by atoms with Crippen molar-refractivity contribution in [1.29, 1.82) is 0 Å². The summed E-state index contributed by atoms with van der Waals surface area (Å²) in [5, 5.41) is 45.0. The Hall–Kier alpha value is -0.530. The van der Waals surface area contributed by atoms with E-state index in [0.29, 0.717) is 0 Å². The van der Waals surface area contributed by atoms with E-state index in [1.165, 1.54) is 0 Å². The van der Waals surface area contributed by atoms with E-state index >= 15 is 0 Å². The van der Waals surface area contributed by atoms with Crippen molar-refractivity contribution in [3.63, 3.8) is 0 Å². The van der Waals surface area contributed by atoms with Crippen LogP contribution in [0.5, 0.6) is 0 Å². The molecule has 0 aliphatic rings. The number of aliphatic hydroxyl groups is 5. The molecule has 5 N–H and O–H groups in total. The fraction of sp³-hybridized carbons (Fsp3) is 0.857. The lowest BCUT2D eigenvalue weighted by Gasteiger charge is -2.25. The number of aliphatic hydroxyl groups excluding tert-OH is 5. The molecule has 0 saturated heterocycles. The van der Waals surface area contributed by atoms with Gasteiger partial charge in [0.15, 0.2) is 6.29 Å². The van der Waals surface area contributed by atoms with Crippen LogP contribution in [-0.2, 0) is 4.79 Å². The normalized spacial score (nSPS) is 23.9. The minimum Gasteiger partial charge on any atom is -0.391 e.